The van der Waals surface area contributed by atoms with E-state index < -0.39 is 0 Å². The molecule has 106 valence electrons. The Labute approximate surface area is 125 Å². The molecule has 1 saturated carbocycles. The lowest BCUT2D eigenvalue weighted by Crippen LogP contribution is -2.32. The molecule has 0 spiro atoms. The molecule has 1 fully saturated rings. The topological polar surface area (TPSA) is 22.1 Å². The molecule has 1 aliphatic rings. The van der Waals surface area contributed by atoms with Gasteiger partial charge in [0.15, 0.2) is 0 Å². The first kappa shape index (κ1) is 15.1. The minimum Gasteiger partial charge on any atom is -0.373 e. The maximum Gasteiger partial charge on any atom is 0.130 e. The summed E-state index contributed by atoms with van der Waals surface area (Å²) in [7, 11) is 0. The molecule has 4 heteroatoms. The number of nitrogens with zero attached hydrogens (tertiary/aromatic N) is 1. The first-order valence-corrected chi connectivity index (χ1v) is 7.53. The summed E-state index contributed by atoms with van der Waals surface area (Å²) < 4.78 is 6.03. The lowest BCUT2D eigenvalue weighted by Gasteiger charge is -2.38. The van der Waals surface area contributed by atoms with Crippen molar-refractivity contribution >= 4 is 23.2 Å². The Hall–Kier alpha value is -0.310. The molecule has 0 N–H and O–H groups in total. The van der Waals surface area contributed by atoms with Gasteiger partial charge in [-0.2, -0.15) is 0 Å². The minimum absolute atomic E-state index is 0.311. The van der Waals surface area contributed by atoms with E-state index >= 15 is 0 Å². The van der Waals surface area contributed by atoms with Gasteiger partial charge < -0.3 is 4.74 Å². The van der Waals surface area contributed by atoms with Gasteiger partial charge in [-0.15, -0.1) is 0 Å². The van der Waals surface area contributed by atoms with Gasteiger partial charge in [-0.05, 0) is 36.7 Å². The smallest absolute Gasteiger partial charge is 0.130 e. The molecule has 0 saturated heterocycles. The van der Waals surface area contributed by atoms with Crippen molar-refractivity contribution in [2.24, 2.45) is 11.3 Å². The van der Waals surface area contributed by atoms with Crippen LogP contribution in [0.2, 0.25) is 10.2 Å². The number of aromatic nitrogens is 1. The first-order chi connectivity index (χ1) is 8.85. The van der Waals surface area contributed by atoms with Gasteiger partial charge >= 0.3 is 0 Å². The Morgan fingerprint density at radius 2 is 2.11 bits per heavy atom. The number of rotatable bonds is 3. The second-order valence-corrected chi connectivity index (χ2v) is 7.24. The van der Waals surface area contributed by atoms with Gasteiger partial charge in [0.1, 0.15) is 5.15 Å². The lowest BCUT2D eigenvalue weighted by molar-refractivity contribution is -0.0316. The van der Waals surface area contributed by atoms with Crippen LogP contribution in [-0.2, 0) is 11.3 Å². The molecule has 1 heterocycles. The van der Waals surface area contributed by atoms with Crippen molar-refractivity contribution in [3.05, 3.63) is 28.0 Å². The van der Waals surface area contributed by atoms with Crippen LogP contribution in [-0.4, -0.2) is 11.1 Å². The van der Waals surface area contributed by atoms with Crippen LogP contribution in [0.3, 0.4) is 0 Å². The predicted octanol–water partition coefficient (Wildman–Crippen LogP) is 5.12. The number of pyridine rings is 1. The van der Waals surface area contributed by atoms with Crippen LogP contribution >= 0.6 is 23.2 Å². The Bertz CT molecular complexity index is 448. The van der Waals surface area contributed by atoms with E-state index in [9.17, 15) is 0 Å². The average Bonchev–Trinajstić information content (AvgIpc) is 2.25. The number of ether oxygens (including phenoxy) is 1. The van der Waals surface area contributed by atoms with Crippen molar-refractivity contribution in [2.75, 3.05) is 0 Å². The molecule has 1 aromatic rings. The number of halogens is 2. The SMILES string of the molecule is CC1CC(OCc2cnc(Cl)cc2Cl)CC(C)(C)C1. The highest BCUT2D eigenvalue weighted by Crippen LogP contribution is 2.40. The van der Waals surface area contributed by atoms with Crippen LogP contribution in [0.1, 0.15) is 45.6 Å². The molecular weight excluding hydrogens is 281 g/mol. The largest absolute Gasteiger partial charge is 0.373 e. The van der Waals surface area contributed by atoms with Crippen molar-refractivity contribution in [1.29, 1.82) is 0 Å². The molecule has 2 unspecified atom stereocenters. The van der Waals surface area contributed by atoms with E-state index in [0.717, 1.165) is 18.4 Å². The van der Waals surface area contributed by atoms with E-state index in [1.54, 1.807) is 12.3 Å². The third-order valence-corrected chi connectivity index (χ3v) is 4.28. The molecule has 2 atom stereocenters. The third kappa shape index (κ3) is 4.34. The zero-order valence-corrected chi connectivity index (χ0v) is 13.3. The number of hydrogen-bond donors (Lipinski definition) is 0. The molecule has 0 aliphatic heterocycles. The van der Waals surface area contributed by atoms with E-state index in [2.05, 4.69) is 25.8 Å². The van der Waals surface area contributed by atoms with Crippen LogP contribution in [0.4, 0.5) is 0 Å². The van der Waals surface area contributed by atoms with E-state index in [4.69, 9.17) is 27.9 Å². The van der Waals surface area contributed by atoms with Gasteiger partial charge in [-0.1, -0.05) is 44.0 Å². The zero-order chi connectivity index (χ0) is 14.0. The van der Waals surface area contributed by atoms with Crippen LogP contribution in [0.5, 0.6) is 0 Å². The van der Waals surface area contributed by atoms with Crippen molar-refractivity contribution < 1.29 is 4.74 Å². The molecule has 0 radical (unpaired) electrons. The Morgan fingerprint density at radius 3 is 2.74 bits per heavy atom. The monoisotopic (exact) mass is 301 g/mol. The highest BCUT2D eigenvalue weighted by molar-refractivity contribution is 6.34. The van der Waals surface area contributed by atoms with Gasteiger partial charge in [0.25, 0.3) is 0 Å². The second-order valence-electron chi connectivity index (χ2n) is 6.44. The highest BCUT2D eigenvalue weighted by Gasteiger charge is 2.32. The lowest BCUT2D eigenvalue weighted by atomic mass is 9.71. The van der Waals surface area contributed by atoms with E-state index in [0.29, 0.717) is 34.2 Å². The van der Waals surface area contributed by atoms with Crippen LogP contribution in [0, 0.1) is 11.3 Å². The summed E-state index contributed by atoms with van der Waals surface area (Å²) in [5.41, 5.74) is 1.27. The molecule has 0 aromatic carbocycles. The van der Waals surface area contributed by atoms with Gasteiger partial charge in [0, 0.05) is 11.8 Å². The highest BCUT2D eigenvalue weighted by atomic mass is 35.5. The zero-order valence-electron chi connectivity index (χ0n) is 11.7. The summed E-state index contributed by atoms with van der Waals surface area (Å²) in [6.45, 7) is 7.44. The summed E-state index contributed by atoms with van der Waals surface area (Å²) in [4.78, 5) is 4.05. The second kappa shape index (κ2) is 5.99. The fourth-order valence-electron chi connectivity index (χ4n) is 3.14. The summed E-state index contributed by atoms with van der Waals surface area (Å²) in [6.07, 6.45) is 5.52. The third-order valence-electron chi connectivity index (χ3n) is 3.72. The summed E-state index contributed by atoms with van der Waals surface area (Å²) in [6, 6.07) is 1.66. The van der Waals surface area contributed by atoms with E-state index in [1.165, 1.54) is 6.42 Å². The van der Waals surface area contributed by atoms with E-state index in [-0.39, 0.29) is 0 Å². The maximum absolute atomic E-state index is 6.13. The molecule has 2 rings (SSSR count). The average molecular weight is 302 g/mol. The molecule has 1 aromatic heterocycles. The molecule has 19 heavy (non-hydrogen) atoms. The molecule has 1 aliphatic carbocycles. The molecular formula is C15H21Cl2NO. The van der Waals surface area contributed by atoms with Crippen LogP contribution < -0.4 is 0 Å². The van der Waals surface area contributed by atoms with Crippen molar-refractivity contribution in [1.82, 2.24) is 4.98 Å². The molecule has 0 bridgehead atoms. The van der Waals surface area contributed by atoms with Crippen LogP contribution in [0.15, 0.2) is 12.3 Å². The fourth-order valence-corrected chi connectivity index (χ4v) is 3.56. The summed E-state index contributed by atoms with van der Waals surface area (Å²) in [5, 5.41) is 1.05. The van der Waals surface area contributed by atoms with Gasteiger partial charge in [-0.25, -0.2) is 4.98 Å². The standard InChI is InChI=1S/C15H21Cl2NO/c1-10-4-12(7-15(2,3)6-10)19-9-11-8-18-14(17)5-13(11)16/h5,8,10,12H,4,6-7,9H2,1-3H3. The first-order valence-electron chi connectivity index (χ1n) is 6.77. The number of hydrogen-bond acceptors (Lipinski definition) is 2. The molecule has 2 nitrogen and oxygen atoms in total. The fraction of sp³-hybridized carbons (Fsp3) is 0.667. The summed E-state index contributed by atoms with van der Waals surface area (Å²) >= 11 is 11.9. The van der Waals surface area contributed by atoms with E-state index in [1.807, 2.05) is 0 Å². The quantitative estimate of drug-likeness (QED) is 0.723. The van der Waals surface area contributed by atoms with Gasteiger partial charge in [-0.3, -0.25) is 0 Å². The van der Waals surface area contributed by atoms with Crippen molar-refractivity contribution in [3.63, 3.8) is 0 Å². The summed E-state index contributed by atoms with van der Waals surface area (Å²) in [5.74, 6) is 0.715. The Kier molecular flexibility index (Phi) is 4.75. The van der Waals surface area contributed by atoms with Gasteiger partial charge in [0.05, 0.1) is 17.7 Å². The predicted molar refractivity (Wildman–Crippen MR) is 79.6 cm³/mol. The van der Waals surface area contributed by atoms with Crippen molar-refractivity contribution in [3.8, 4) is 0 Å². The minimum atomic E-state index is 0.311. The Balaban J connectivity index is 1.95. The maximum atomic E-state index is 6.13. The van der Waals surface area contributed by atoms with Crippen molar-refractivity contribution in [2.45, 2.75) is 52.7 Å². The Morgan fingerprint density at radius 1 is 1.37 bits per heavy atom. The normalized spacial score (nSPS) is 26.4. The van der Waals surface area contributed by atoms with Crippen LogP contribution in [0.25, 0.3) is 0 Å². The molecule has 0 amide bonds. The van der Waals surface area contributed by atoms with Gasteiger partial charge in [0.2, 0.25) is 0 Å².